The molecule has 8 heteroatoms. The lowest BCUT2D eigenvalue weighted by Gasteiger charge is -2.44. The molecule has 1 aliphatic heterocycles. The zero-order chi connectivity index (χ0) is 16.0. The Bertz CT molecular complexity index is 585. The third kappa shape index (κ3) is 2.82. The van der Waals surface area contributed by atoms with Crippen molar-refractivity contribution in [2.75, 3.05) is 18.0 Å². The van der Waals surface area contributed by atoms with Crippen molar-refractivity contribution >= 4 is 11.9 Å². The lowest BCUT2D eigenvalue weighted by Crippen LogP contribution is -2.51. The first-order valence-electron chi connectivity index (χ1n) is 7.05. The van der Waals surface area contributed by atoms with Crippen molar-refractivity contribution in [2.24, 2.45) is 5.41 Å². The molecule has 3 rings (SSSR count). The topological polar surface area (TPSA) is 65.5 Å². The van der Waals surface area contributed by atoms with E-state index in [1.54, 1.807) is 0 Å². The molecular formula is C14H16F3N3O2. The van der Waals surface area contributed by atoms with Gasteiger partial charge in [0.1, 0.15) is 5.82 Å². The number of halogens is 3. The third-order valence-electron chi connectivity index (χ3n) is 4.52. The van der Waals surface area contributed by atoms with Crippen LogP contribution in [0.2, 0.25) is 0 Å². The van der Waals surface area contributed by atoms with Crippen molar-refractivity contribution in [1.29, 1.82) is 0 Å². The van der Waals surface area contributed by atoms with Gasteiger partial charge in [-0.1, -0.05) is 0 Å². The van der Waals surface area contributed by atoms with Gasteiger partial charge in [0.2, 0.25) is 0 Å². The van der Waals surface area contributed by atoms with Crippen LogP contribution in [0.3, 0.4) is 0 Å². The highest BCUT2D eigenvalue weighted by Gasteiger charge is 2.49. The molecule has 1 aromatic heterocycles. The number of aromatic nitrogens is 1. The number of pyridine rings is 1. The highest BCUT2D eigenvalue weighted by Crippen LogP contribution is 2.49. The van der Waals surface area contributed by atoms with Crippen LogP contribution in [0.4, 0.5) is 23.8 Å². The Morgan fingerprint density at radius 3 is 2.82 bits per heavy atom. The van der Waals surface area contributed by atoms with Crippen molar-refractivity contribution in [3.8, 4) is 0 Å². The van der Waals surface area contributed by atoms with E-state index in [-0.39, 0.29) is 11.5 Å². The smallest absolute Gasteiger partial charge is 0.416 e. The van der Waals surface area contributed by atoms with Crippen molar-refractivity contribution in [3.63, 3.8) is 0 Å². The van der Waals surface area contributed by atoms with Gasteiger partial charge >= 0.3 is 12.3 Å². The zero-order valence-electron chi connectivity index (χ0n) is 11.7. The first kappa shape index (κ1) is 14.9. The maximum atomic E-state index is 12.7. The standard InChI is InChI=1S/C14H16F3N3O2/c15-14(16,17)9-1-3-18-11(5-9)20-4-2-13(8-20)6-10(7-13)19-12(21)22/h1,3,5,10,19H,2,4,6-8H2,(H,21,22). The lowest BCUT2D eigenvalue weighted by atomic mass is 9.65. The minimum Gasteiger partial charge on any atom is -0.465 e. The van der Waals surface area contributed by atoms with Crippen LogP contribution in [-0.2, 0) is 6.18 Å². The summed E-state index contributed by atoms with van der Waals surface area (Å²) < 4.78 is 38.2. The number of rotatable bonds is 2. The number of carboxylic acid groups (broad SMARTS) is 1. The number of nitrogens with zero attached hydrogens (tertiary/aromatic N) is 2. The van der Waals surface area contributed by atoms with Crippen LogP contribution in [-0.4, -0.2) is 35.3 Å². The van der Waals surface area contributed by atoms with Crippen LogP contribution in [0.25, 0.3) is 0 Å². The quantitative estimate of drug-likeness (QED) is 0.881. The maximum absolute atomic E-state index is 12.7. The predicted molar refractivity (Wildman–Crippen MR) is 72.7 cm³/mol. The van der Waals surface area contributed by atoms with E-state index >= 15 is 0 Å². The second-order valence-electron chi connectivity index (χ2n) is 6.13. The van der Waals surface area contributed by atoms with Crippen LogP contribution in [0.5, 0.6) is 0 Å². The van der Waals surface area contributed by atoms with Crippen LogP contribution in [0, 0.1) is 5.41 Å². The van der Waals surface area contributed by atoms with Crippen LogP contribution in [0.1, 0.15) is 24.8 Å². The number of anilines is 1. The van der Waals surface area contributed by atoms with E-state index in [9.17, 15) is 18.0 Å². The van der Waals surface area contributed by atoms with Crippen LogP contribution < -0.4 is 10.2 Å². The fourth-order valence-corrected chi connectivity index (χ4v) is 3.49. The summed E-state index contributed by atoms with van der Waals surface area (Å²) in [7, 11) is 0. The molecule has 1 aromatic rings. The molecule has 0 aromatic carbocycles. The molecule has 120 valence electrons. The molecule has 0 unspecified atom stereocenters. The molecule has 0 bridgehead atoms. The molecule has 1 saturated carbocycles. The number of hydrogen-bond acceptors (Lipinski definition) is 3. The molecule has 2 heterocycles. The van der Waals surface area contributed by atoms with Crippen LogP contribution in [0.15, 0.2) is 18.3 Å². The van der Waals surface area contributed by atoms with E-state index in [0.717, 1.165) is 31.4 Å². The molecule has 1 amide bonds. The summed E-state index contributed by atoms with van der Waals surface area (Å²) in [6.07, 6.45) is -1.92. The average Bonchev–Trinajstić information content (AvgIpc) is 2.82. The molecule has 5 nitrogen and oxygen atoms in total. The van der Waals surface area contributed by atoms with Gasteiger partial charge in [-0.25, -0.2) is 9.78 Å². The Morgan fingerprint density at radius 1 is 1.45 bits per heavy atom. The fourth-order valence-electron chi connectivity index (χ4n) is 3.49. The van der Waals surface area contributed by atoms with Crippen molar-refractivity contribution in [1.82, 2.24) is 10.3 Å². The molecule has 2 N–H and O–H groups in total. The molecule has 2 fully saturated rings. The highest BCUT2D eigenvalue weighted by atomic mass is 19.4. The summed E-state index contributed by atoms with van der Waals surface area (Å²) in [5.74, 6) is 0.335. The number of alkyl halides is 3. The molecular weight excluding hydrogens is 299 g/mol. The summed E-state index contributed by atoms with van der Waals surface area (Å²) in [5, 5.41) is 11.1. The number of nitrogens with one attached hydrogen (secondary N) is 1. The van der Waals surface area contributed by atoms with Gasteiger partial charge in [0.05, 0.1) is 5.56 Å². The fraction of sp³-hybridized carbons (Fsp3) is 0.571. The Balaban J connectivity index is 1.66. The zero-order valence-corrected chi connectivity index (χ0v) is 11.7. The van der Waals surface area contributed by atoms with Gasteiger partial charge in [0.25, 0.3) is 0 Å². The van der Waals surface area contributed by atoms with Gasteiger partial charge in [-0.15, -0.1) is 0 Å². The highest BCUT2D eigenvalue weighted by molar-refractivity contribution is 5.65. The van der Waals surface area contributed by atoms with E-state index in [1.807, 2.05) is 4.90 Å². The van der Waals surface area contributed by atoms with Gasteiger partial charge in [0.15, 0.2) is 0 Å². The SMILES string of the molecule is O=C(O)NC1CC2(CCN(c3cc(C(F)(F)F)ccn3)C2)C1. The predicted octanol–water partition coefficient (Wildman–Crippen LogP) is 2.73. The minimum atomic E-state index is -4.37. The van der Waals surface area contributed by atoms with Gasteiger partial charge in [-0.2, -0.15) is 13.2 Å². The Kier molecular flexibility index (Phi) is 3.41. The Hall–Kier alpha value is -1.99. The first-order chi connectivity index (χ1) is 10.3. The van der Waals surface area contributed by atoms with E-state index in [2.05, 4.69) is 10.3 Å². The summed E-state index contributed by atoms with van der Waals surface area (Å²) in [4.78, 5) is 16.5. The molecule has 1 saturated heterocycles. The van der Waals surface area contributed by atoms with Crippen molar-refractivity contribution in [2.45, 2.75) is 31.5 Å². The second-order valence-corrected chi connectivity index (χ2v) is 6.13. The molecule has 1 aliphatic carbocycles. The van der Waals surface area contributed by atoms with E-state index in [1.165, 1.54) is 6.20 Å². The van der Waals surface area contributed by atoms with Gasteiger partial charge in [-0.05, 0) is 36.8 Å². The van der Waals surface area contributed by atoms with Gasteiger partial charge in [-0.3, -0.25) is 0 Å². The van der Waals surface area contributed by atoms with E-state index < -0.39 is 17.8 Å². The van der Waals surface area contributed by atoms with Crippen molar-refractivity contribution in [3.05, 3.63) is 23.9 Å². The second kappa shape index (κ2) is 5.03. The summed E-state index contributed by atoms with van der Waals surface area (Å²) in [5.41, 5.74) is -0.694. The lowest BCUT2D eigenvalue weighted by molar-refractivity contribution is -0.137. The molecule has 1 spiro atoms. The number of hydrogen-bond donors (Lipinski definition) is 2. The van der Waals surface area contributed by atoms with Gasteiger partial charge in [0, 0.05) is 25.3 Å². The first-order valence-corrected chi connectivity index (χ1v) is 7.05. The Morgan fingerprint density at radius 2 is 2.18 bits per heavy atom. The monoisotopic (exact) mass is 315 g/mol. The average molecular weight is 315 g/mol. The third-order valence-corrected chi connectivity index (χ3v) is 4.52. The van der Waals surface area contributed by atoms with Gasteiger partial charge < -0.3 is 15.3 Å². The summed E-state index contributed by atoms with van der Waals surface area (Å²) >= 11 is 0. The minimum absolute atomic E-state index is 0.00301. The molecule has 0 radical (unpaired) electrons. The Labute approximate surface area is 125 Å². The normalized spacial score (nSPS) is 27.8. The van der Waals surface area contributed by atoms with E-state index in [0.29, 0.717) is 18.9 Å². The van der Waals surface area contributed by atoms with Crippen molar-refractivity contribution < 1.29 is 23.1 Å². The number of amides is 1. The van der Waals surface area contributed by atoms with E-state index in [4.69, 9.17) is 5.11 Å². The maximum Gasteiger partial charge on any atom is 0.416 e. The summed E-state index contributed by atoms with van der Waals surface area (Å²) in [6, 6.07) is 1.99. The summed E-state index contributed by atoms with van der Waals surface area (Å²) in [6.45, 7) is 1.27. The largest absolute Gasteiger partial charge is 0.465 e. The number of carbonyl (C=O) groups is 1. The molecule has 0 atom stereocenters. The molecule has 2 aliphatic rings. The molecule has 22 heavy (non-hydrogen) atoms. The van der Waals surface area contributed by atoms with Crippen LogP contribution >= 0.6 is 0 Å².